The molecule has 1 aromatic heterocycles. The summed E-state index contributed by atoms with van der Waals surface area (Å²) in [5.74, 6) is -0.0871. The van der Waals surface area contributed by atoms with E-state index >= 15 is 0 Å². The van der Waals surface area contributed by atoms with Gasteiger partial charge in [0, 0.05) is 19.2 Å². The van der Waals surface area contributed by atoms with Gasteiger partial charge >= 0.3 is 0 Å². The first-order valence-electron chi connectivity index (χ1n) is 2.74. The lowest BCUT2D eigenvalue weighted by Gasteiger charge is -1.91. The van der Waals surface area contributed by atoms with Crippen molar-refractivity contribution in [3.63, 3.8) is 0 Å². The molecule has 0 fully saturated rings. The van der Waals surface area contributed by atoms with Gasteiger partial charge in [0.15, 0.2) is 5.78 Å². The van der Waals surface area contributed by atoms with Crippen LogP contribution in [0.2, 0.25) is 5.02 Å². The molecule has 0 N–H and O–H groups in total. The van der Waals surface area contributed by atoms with Gasteiger partial charge in [0.05, 0.1) is 5.02 Å². The molecule has 1 aromatic rings. The van der Waals surface area contributed by atoms with Crippen LogP contribution in [0.5, 0.6) is 0 Å². The second kappa shape index (κ2) is 2.80. The van der Waals surface area contributed by atoms with E-state index in [4.69, 9.17) is 11.6 Å². The highest BCUT2D eigenvalue weighted by molar-refractivity contribution is 6.30. The maximum absolute atomic E-state index is 10.7. The lowest BCUT2D eigenvalue weighted by Crippen LogP contribution is -1.94. The second-order valence-electron chi connectivity index (χ2n) is 1.84. The number of halogens is 1. The van der Waals surface area contributed by atoms with Crippen LogP contribution in [0.1, 0.15) is 17.4 Å². The molecule has 1 heterocycles. The standard InChI is InChI=1S/C7H5ClNO/c1-5(10)7-4-6(8)2-3-9-7/h3-4H,1H3. The van der Waals surface area contributed by atoms with Gasteiger partial charge < -0.3 is 0 Å². The topological polar surface area (TPSA) is 30.0 Å². The van der Waals surface area contributed by atoms with Crippen molar-refractivity contribution in [1.29, 1.82) is 0 Å². The minimum atomic E-state index is -0.0871. The van der Waals surface area contributed by atoms with Crippen molar-refractivity contribution in [3.8, 4) is 0 Å². The number of carbonyl (C=O) groups is 1. The molecule has 0 aliphatic rings. The van der Waals surface area contributed by atoms with Crippen molar-refractivity contribution >= 4 is 17.4 Å². The maximum Gasteiger partial charge on any atom is 0.178 e. The number of nitrogens with zero attached hydrogens (tertiary/aromatic N) is 1. The first kappa shape index (κ1) is 7.22. The molecular formula is C7H5ClNO. The van der Waals surface area contributed by atoms with Crippen LogP contribution in [0.4, 0.5) is 0 Å². The van der Waals surface area contributed by atoms with Crippen LogP contribution in [0.3, 0.4) is 0 Å². The van der Waals surface area contributed by atoms with Crippen molar-refractivity contribution in [2.24, 2.45) is 0 Å². The molecule has 3 heteroatoms. The van der Waals surface area contributed by atoms with E-state index in [9.17, 15) is 4.79 Å². The summed E-state index contributed by atoms with van der Waals surface area (Å²) in [5, 5.41) is 0.417. The van der Waals surface area contributed by atoms with Crippen LogP contribution >= 0.6 is 11.6 Å². The van der Waals surface area contributed by atoms with Gasteiger partial charge in [0.1, 0.15) is 5.69 Å². The average molecular weight is 155 g/mol. The van der Waals surface area contributed by atoms with Gasteiger partial charge in [-0.25, -0.2) is 0 Å². The second-order valence-corrected chi connectivity index (χ2v) is 2.24. The summed E-state index contributed by atoms with van der Waals surface area (Å²) in [6, 6.07) is 4.12. The highest BCUT2D eigenvalue weighted by Gasteiger charge is 1.99. The fourth-order valence-corrected chi connectivity index (χ4v) is 0.707. The Bertz CT molecular complexity index is 260. The van der Waals surface area contributed by atoms with E-state index in [1.807, 2.05) is 0 Å². The number of ketones is 1. The summed E-state index contributed by atoms with van der Waals surface area (Å²) < 4.78 is 0. The highest BCUT2D eigenvalue weighted by atomic mass is 35.5. The number of Topliss-reactive ketones (excluding diaryl/α,β-unsaturated/α-hetero) is 1. The summed E-state index contributed by atoms with van der Waals surface area (Å²) in [7, 11) is 0. The molecule has 2 nitrogen and oxygen atoms in total. The van der Waals surface area contributed by atoms with E-state index < -0.39 is 0 Å². The van der Waals surface area contributed by atoms with E-state index in [2.05, 4.69) is 11.1 Å². The average Bonchev–Trinajstić information content (AvgIpc) is 1.88. The summed E-state index contributed by atoms with van der Waals surface area (Å²) in [6.45, 7) is 1.44. The van der Waals surface area contributed by atoms with Crippen molar-refractivity contribution in [2.45, 2.75) is 6.92 Å². The summed E-state index contributed by atoms with van der Waals surface area (Å²) >= 11 is 5.54. The van der Waals surface area contributed by atoms with Gasteiger partial charge in [0.2, 0.25) is 0 Å². The number of carbonyl (C=O) groups excluding carboxylic acids is 1. The van der Waals surface area contributed by atoms with Crippen molar-refractivity contribution in [1.82, 2.24) is 4.98 Å². The lowest BCUT2D eigenvalue weighted by atomic mass is 10.3. The predicted molar refractivity (Wildman–Crippen MR) is 38.1 cm³/mol. The molecule has 0 unspecified atom stereocenters. The Labute approximate surface area is 63.8 Å². The van der Waals surface area contributed by atoms with E-state index in [1.54, 1.807) is 0 Å². The largest absolute Gasteiger partial charge is 0.293 e. The molecule has 1 radical (unpaired) electrons. The maximum atomic E-state index is 10.7. The van der Waals surface area contributed by atoms with Gasteiger partial charge in [-0.05, 0) is 6.07 Å². The minimum absolute atomic E-state index is 0.0871. The zero-order chi connectivity index (χ0) is 7.56. The van der Waals surface area contributed by atoms with Crippen LogP contribution in [-0.4, -0.2) is 10.8 Å². The molecule has 0 aromatic carbocycles. The fourth-order valence-electron chi connectivity index (χ4n) is 0.555. The Morgan fingerprint density at radius 2 is 2.50 bits per heavy atom. The summed E-state index contributed by atoms with van der Waals surface area (Å²) in [6.07, 6.45) is 1.39. The molecule has 0 aliphatic heterocycles. The van der Waals surface area contributed by atoms with Crippen LogP contribution in [0, 0.1) is 6.07 Å². The molecular weight excluding hydrogens is 150 g/mol. The zero-order valence-electron chi connectivity index (χ0n) is 5.39. The Hall–Kier alpha value is -0.890. The molecule has 0 amide bonds. The van der Waals surface area contributed by atoms with Crippen molar-refractivity contribution in [3.05, 3.63) is 29.0 Å². The van der Waals surface area contributed by atoms with Gasteiger partial charge in [-0.1, -0.05) is 11.6 Å². The predicted octanol–water partition coefficient (Wildman–Crippen LogP) is 1.74. The fraction of sp³-hybridized carbons (Fsp3) is 0.143. The number of aromatic nitrogens is 1. The third-order valence-corrected chi connectivity index (χ3v) is 1.25. The van der Waals surface area contributed by atoms with Crippen LogP contribution in [0.15, 0.2) is 12.3 Å². The first-order chi connectivity index (χ1) is 4.70. The van der Waals surface area contributed by atoms with Crippen molar-refractivity contribution in [2.75, 3.05) is 0 Å². The van der Waals surface area contributed by atoms with Crippen LogP contribution < -0.4 is 0 Å². The molecule has 0 saturated heterocycles. The minimum Gasteiger partial charge on any atom is -0.293 e. The monoisotopic (exact) mass is 154 g/mol. The molecule has 1 rings (SSSR count). The number of pyridine rings is 1. The van der Waals surface area contributed by atoms with E-state index in [0.717, 1.165) is 0 Å². The Morgan fingerprint density at radius 3 is 2.90 bits per heavy atom. The Morgan fingerprint density at radius 1 is 1.80 bits per heavy atom. The number of hydrogen-bond donors (Lipinski definition) is 0. The van der Waals surface area contributed by atoms with Gasteiger partial charge in [-0.2, -0.15) is 0 Å². The molecule has 0 saturated carbocycles. The molecule has 0 atom stereocenters. The third kappa shape index (κ3) is 1.54. The van der Waals surface area contributed by atoms with E-state index in [1.165, 1.54) is 19.2 Å². The highest BCUT2D eigenvalue weighted by Crippen LogP contribution is 2.06. The smallest absolute Gasteiger partial charge is 0.178 e. The zero-order valence-corrected chi connectivity index (χ0v) is 6.14. The van der Waals surface area contributed by atoms with Gasteiger partial charge in [0.25, 0.3) is 0 Å². The van der Waals surface area contributed by atoms with Crippen LogP contribution in [0.25, 0.3) is 0 Å². The molecule has 10 heavy (non-hydrogen) atoms. The molecule has 0 aliphatic carbocycles. The third-order valence-electron chi connectivity index (χ3n) is 1.03. The normalized spacial score (nSPS) is 9.40. The van der Waals surface area contributed by atoms with Gasteiger partial charge in [-0.3, -0.25) is 9.78 Å². The molecule has 51 valence electrons. The summed E-state index contributed by atoms with van der Waals surface area (Å²) in [5.41, 5.74) is 0.378. The van der Waals surface area contributed by atoms with E-state index in [-0.39, 0.29) is 5.78 Å². The van der Waals surface area contributed by atoms with Gasteiger partial charge in [-0.15, -0.1) is 0 Å². The number of hydrogen-bond acceptors (Lipinski definition) is 2. The van der Waals surface area contributed by atoms with E-state index in [0.29, 0.717) is 10.7 Å². The summed E-state index contributed by atoms with van der Waals surface area (Å²) in [4.78, 5) is 14.4. The van der Waals surface area contributed by atoms with Crippen molar-refractivity contribution < 1.29 is 4.79 Å². The quantitative estimate of drug-likeness (QED) is 0.577. The molecule has 0 spiro atoms. The molecule has 0 bridgehead atoms. The Balaban J connectivity index is 3.07. The Kier molecular flexibility index (Phi) is 2.02. The number of rotatable bonds is 1. The SMILES string of the molecule is CC(=O)c1cc(Cl)[c]cn1. The first-order valence-corrected chi connectivity index (χ1v) is 3.12. The lowest BCUT2D eigenvalue weighted by molar-refractivity contribution is 0.101. The van der Waals surface area contributed by atoms with Crippen LogP contribution in [-0.2, 0) is 0 Å².